The molecule has 0 aliphatic carbocycles. The molecule has 13 heavy (non-hydrogen) atoms. The van der Waals surface area contributed by atoms with Crippen LogP contribution in [0.15, 0.2) is 30.3 Å². The maximum Gasteiger partial charge on any atom is 0.102 e. The normalized spacial score (nSPS) is 15.3. The molecule has 0 radical (unpaired) electrons. The zero-order valence-corrected chi connectivity index (χ0v) is 10.1. The van der Waals surface area contributed by atoms with E-state index in [2.05, 4.69) is 36.7 Å². The molecule has 0 fully saturated rings. The van der Waals surface area contributed by atoms with Crippen molar-refractivity contribution in [2.45, 2.75) is 4.32 Å². The second-order valence-corrected chi connectivity index (χ2v) is 4.82. The van der Waals surface area contributed by atoms with Crippen LogP contribution >= 0.6 is 31.9 Å². The summed E-state index contributed by atoms with van der Waals surface area (Å²) in [5.41, 5.74) is 1.07. The van der Waals surface area contributed by atoms with Gasteiger partial charge in [0.25, 0.3) is 0 Å². The van der Waals surface area contributed by atoms with Gasteiger partial charge in [-0.3, -0.25) is 5.26 Å². The van der Waals surface area contributed by atoms with Gasteiger partial charge < -0.3 is 0 Å². The molecule has 0 heterocycles. The Hall–Kier alpha value is 0.1000. The van der Waals surface area contributed by atoms with E-state index in [1.807, 2.05) is 30.3 Å². The van der Waals surface area contributed by atoms with E-state index in [1.165, 1.54) is 0 Å². The molecule has 2 nitrogen and oxygen atoms in total. The molecule has 0 bridgehead atoms. The highest BCUT2D eigenvalue weighted by atomic mass is 79.9. The van der Waals surface area contributed by atoms with Crippen molar-refractivity contribution in [3.05, 3.63) is 35.9 Å². The lowest BCUT2D eigenvalue weighted by Gasteiger charge is -2.23. The number of benzene rings is 1. The average molecular weight is 310 g/mol. The van der Waals surface area contributed by atoms with Gasteiger partial charge in [-0.05, 0) is 5.56 Å². The summed E-state index contributed by atoms with van der Waals surface area (Å²) in [5, 5.41) is 9.11. The molecule has 0 saturated heterocycles. The van der Waals surface area contributed by atoms with Gasteiger partial charge in [-0.15, -0.1) is 0 Å². The molecule has 0 aliphatic heterocycles. The molecule has 72 valence electrons. The first-order valence-corrected chi connectivity index (χ1v) is 5.71. The summed E-state index contributed by atoms with van der Waals surface area (Å²) in [4.78, 5) is 4.18. The quantitative estimate of drug-likeness (QED) is 0.526. The number of alkyl halides is 2. The maximum absolute atomic E-state index is 8.44. The highest BCUT2D eigenvalue weighted by Gasteiger charge is 2.28. The summed E-state index contributed by atoms with van der Waals surface area (Å²) in [6.45, 7) is 0.211. The minimum atomic E-state index is -0.358. The second-order valence-electron chi connectivity index (χ2n) is 2.74. The third kappa shape index (κ3) is 2.77. The highest BCUT2D eigenvalue weighted by Crippen LogP contribution is 2.33. The van der Waals surface area contributed by atoms with E-state index < -0.39 is 0 Å². The Morgan fingerprint density at radius 2 is 1.92 bits per heavy atom. The summed E-state index contributed by atoms with van der Waals surface area (Å²) in [6, 6.07) is 9.81. The summed E-state index contributed by atoms with van der Waals surface area (Å²) in [6.07, 6.45) is 0. The van der Waals surface area contributed by atoms with Gasteiger partial charge in [0.15, 0.2) is 0 Å². The molecular formula is C9H10Br2O2. The third-order valence-corrected chi connectivity index (χ3v) is 4.47. The summed E-state index contributed by atoms with van der Waals surface area (Å²) >= 11 is 6.89. The maximum atomic E-state index is 8.44. The van der Waals surface area contributed by atoms with E-state index >= 15 is 0 Å². The Morgan fingerprint density at radius 3 is 2.38 bits per heavy atom. The van der Waals surface area contributed by atoms with E-state index in [0.717, 1.165) is 5.56 Å². The van der Waals surface area contributed by atoms with Crippen LogP contribution in [0.5, 0.6) is 0 Å². The lowest BCUT2D eigenvalue weighted by Crippen LogP contribution is -2.26. The first-order chi connectivity index (χ1) is 6.23. The Bertz CT molecular complexity index is 253. The first-order valence-electron chi connectivity index (χ1n) is 3.80. The van der Waals surface area contributed by atoms with Gasteiger partial charge in [-0.25, -0.2) is 4.89 Å². The number of hydrogen-bond donors (Lipinski definition) is 1. The average Bonchev–Trinajstić information content (AvgIpc) is 2.19. The number of rotatable bonds is 4. The van der Waals surface area contributed by atoms with E-state index in [4.69, 9.17) is 5.26 Å². The van der Waals surface area contributed by atoms with Crippen LogP contribution in [0, 0.1) is 0 Å². The third-order valence-electron chi connectivity index (χ3n) is 1.80. The van der Waals surface area contributed by atoms with Gasteiger partial charge in [-0.1, -0.05) is 62.2 Å². The standard InChI is InChI=1S/C9H10Br2O2/c10-6-9(11,7-13-12)8-4-2-1-3-5-8/h1-5,12H,6-7H2. The fourth-order valence-electron chi connectivity index (χ4n) is 1.04. The van der Waals surface area contributed by atoms with Crippen molar-refractivity contribution in [2.75, 3.05) is 11.9 Å². The zero-order chi connectivity index (χ0) is 9.73. The lowest BCUT2D eigenvalue weighted by molar-refractivity contribution is -0.246. The largest absolute Gasteiger partial charge is 0.252 e. The van der Waals surface area contributed by atoms with Crippen molar-refractivity contribution in [1.82, 2.24) is 0 Å². The lowest BCUT2D eigenvalue weighted by atomic mass is 10.0. The molecule has 1 rings (SSSR count). The predicted molar refractivity (Wildman–Crippen MR) is 59.4 cm³/mol. The van der Waals surface area contributed by atoms with Gasteiger partial charge in [0.05, 0.1) is 4.32 Å². The van der Waals surface area contributed by atoms with Crippen molar-refractivity contribution >= 4 is 31.9 Å². The van der Waals surface area contributed by atoms with Gasteiger partial charge in [-0.2, -0.15) is 0 Å². The van der Waals surface area contributed by atoms with Crippen LogP contribution in [0.1, 0.15) is 5.56 Å². The Balaban J connectivity index is 2.89. The monoisotopic (exact) mass is 308 g/mol. The van der Waals surface area contributed by atoms with Gasteiger partial charge in [0, 0.05) is 5.33 Å². The van der Waals surface area contributed by atoms with Crippen molar-refractivity contribution in [3.63, 3.8) is 0 Å². The van der Waals surface area contributed by atoms with Crippen molar-refractivity contribution in [2.24, 2.45) is 0 Å². The van der Waals surface area contributed by atoms with Crippen LogP contribution in [0.3, 0.4) is 0 Å². The van der Waals surface area contributed by atoms with Crippen LogP contribution in [-0.2, 0) is 9.21 Å². The van der Waals surface area contributed by atoms with Crippen molar-refractivity contribution < 1.29 is 10.1 Å². The molecule has 1 unspecified atom stereocenters. The molecule has 1 atom stereocenters. The van der Waals surface area contributed by atoms with Crippen LogP contribution in [0.4, 0.5) is 0 Å². The molecule has 0 spiro atoms. The molecular weight excluding hydrogens is 300 g/mol. The van der Waals surface area contributed by atoms with Crippen LogP contribution in [0.25, 0.3) is 0 Å². The number of hydrogen-bond acceptors (Lipinski definition) is 2. The fraction of sp³-hybridized carbons (Fsp3) is 0.333. The minimum Gasteiger partial charge on any atom is -0.252 e. The van der Waals surface area contributed by atoms with E-state index in [0.29, 0.717) is 5.33 Å². The topological polar surface area (TPSA) is 29.5 Å². The van der Waals surface area contributed by atoms with Gasteiger partial charge >= 0.3 is 0 Å². The molecule has 0 amide bonds. The Kier molecular flexibility index (Phi) is 4.38. The van der Waals surface area contributed by atoms with Gasteiger partial charge in [0.1, 0.15) is 6.61 Å². The fourth-order valence-corrected chi connectivity index (χ4v) is 1.89. The SMILES string of the molecule is OOCC(Br)(CBr)c1ccccc1. The molecule has 0 saturated carbocycles. The van der Waals surface area contributed by atoms with E-state index in [-0.39, 0.29) is 10.9 Å². The summed E-state index contributed by atoms with van der Waals surface area (Å²) in [5.74, 6) is 0. The summed E-state index contributed by atoms with van der Waals surface area (Å²) in [7, 11) is 0. The molecule has 1 aromatic rings. The molecule has 1 N–H and O–H groups in total. The van der Waals surface area contributed by atoms with Crippen LogP contribution in [0.2, 0.25) is 0 Å². The van der Waals surface area contributed by atoms with E-state index in [9.17, 15) is 0 Å². The second kappa shape index (κ2) is 5.10. The minimum absolute atomic E-state index is 0.211. The van der Waals surface area contributed by atoms with Crippen molar-refractivity contribution in [1.29, 1.82) is 0 Å². The molecule has 1 aromatic carbocycles. The predicted octanol–water partition coefficient (Wildman–Crippen LogP) is 3.16. The smallest absolute Gasteiger partial charge is 0.102 e. The van der Waals surface area contributed by atoms with Crippen LogP contribution in [-0.4, -0.2) is 17.2 Å². The molecule has 0 aliphatic rings. The Labute approximate surface area is 94.1 Å². The molecule has 4 heteroatoms. The first kappa shape index (κ1) is 11.2. The van der Waals surface area contributed by atoms with Gasteiger partial charge in [0.2, 0.25) is 0 Å². The van der Waals surface area contributed by atoms with Crippen molar-refractivity contribution in [3.8, 4) is 0 Å². The molecule has 0 aromatic heterocycles. The Morgan fingerprint density at radius 1 is 1.31 bits per heavy atom. The number of halogens is 2. The summed E-state index contributed by atoms with van der Waals surface area (Å²) < 4.78 is -0.358. The van der Waals surface area contributed by atoms with E-state index in [1.54, 1.807) is 0 Å². The van der Waals surface area contributed by atoms with Crippen LogP contribution < -0.4 is 0 Å². The highest BCUT2D eigenvalue weighted by molar-refractivity contribution is 9.12. The zero-order valence-electron chi connectivity index (χ0n) is 6.91.